The number of amides is 1. The van der Waals surface area contributed by atoms with E-state index in [0.29, 0.717) is 18.3 Å². The van der Waals surface area contributed by atoms with E-state index in [1.54, 1.807) is 7.11 Å². The standard InChI is InChI=1S/C26H32N4O2/c1-15-7-6-8-19(11-15)17(3)27-26-22-13-21(16(2)12-25(31)30-20-9-10-20)24(32-5)14-23(22)28-18(4)29-26/h6-8,11,13-14,16-17,20H,9-10,12H2,1-5H3,(H,30,31)(H,27,28,29)/t16?,17-/m1/s1. The summed E-state index contributed by atoms with van der Waals surface area (Å²) < 4.78 is 5.68. The third-order valence-corrected chi connectivity index (χ3v) is 6.02. The van der Waals surface area contributed by atoms with Crippen LogP contribution in [0.25, 0.3) is 10.9 Å². The number of methoxy groups -OCH3 is 1. The fraction of sp³-hybridized carbons (Fsp3) is 0.423. The molecule has 1 saturated carbocycles. The molecule has 0 saturated heterocycles. The van der Waals surface area contributed by atoms with Gasteiger partial charge in [0.15, 0.2) is 0 Å². The van der Waals surface area contributed by atoms with Gasteiger partial charge in [-0.3, -0.25) is 4.79 Å². The Hall–Kier alpha value is -3.15. The van der Waals surface area contributed by atoms with Crippen LogP contribution in [0.2, 0.25) is 0 Å². The van der Waals surface area contributed by atoms with Crippen molar-refractivity contribution in [2.45, 2.75) is 65.0 Å². The van der Waals surface area contributed by atoms with Crippen LogP contribution in [-0.4, -0.2) is 29.0 Å². The molecular formula is C26H32N4O2. The molecule has 1 aliphatic rings. The molecule has 2 N–H and O–H groups in total. The van der Waals surface area contributed by atoms with E-state index >= 15 is 0 Å². The second-order valence-corrected chi connectivity index (χ2v) is 8.96. The van der Waals surface area contributed by atoms with E-state index in [4.69, 9.17) is 9.72 Å². The molecule has 0 bridgehead atoms. The predicted octanol–water partition coefficient (Wildman–Crippen LogP) is 5.20. The average Bonchev–Trinajstić information content (AvgIpc) is 3.56. The fourth-order valence-corrected chi connectivity index (χ4v) is 4.09. The number of ether oxygens (including phenoxy) is 1. The maximum absolute atomic E-state index is 12.4. The lowest BCUT2D eigenvalue weighted by molar-refractivity contribution is -0.121. The number of carbonyl (C=O) groups is 1. The zero-order valence-electron chi connectivity index (χ0n) is 19.5. The molecule has 0 spiro atoms. The van der Waals surface area contributed by atoms with Gasteiger partial charge in [0.25, 0.3) is 0 Å². The monoisotopic (exact) mass is 432 g/mol. The molecule has 4 rings (SSSR count). The molecule has 1 heterocycles. The Morgan fingerprint density at radius 3 is 2.62 bits per heavy atom. The Labute approximate surface area is 189 Å². The normalized spacial score (nSPS) is 15.3. The highest BCUT2D eigenvalue weighted by Crippen LogP contribution is 2.35. The largest absolute Gasteiger partial charge is 0.496 e. The summed E-state index contributed by atoms with van der Waals surface area (Å²) in [6, 6.07) is 13.0. The van der Waals surface area contributed by atoms with Crippen LogP contribution in [0.4, 0.5) is 5.82 Å². The van der Waals surface area contributed by atoms with Gasteiger partial charge in [-0.05, 0) is 56.7 Å². The van der Waals surface area contributed by atoms with Gasteiger partial charge in [0.1, 0.15) is 17.4 Å². The second kappa shape index (κ2) is 9.15. The van der Waals surface area contributed by atoms with Gasteiger partial charge in [0, 0.05) is 30.0 Å². The van der Waals surface area contributed by atoms with Crippen LogP contribution in [0.5, 0.6) is 5.75 Å². The van der Waals surface area contributed by atoms with Crippen molar-refractivity contribution in [3.8, 4) is 5.75 Å². The van der Waals surface area contributed by atoms with Crippen LogP contribution >= 0.6 is 0 Å². The van der Waals surface area contributed by atoms with E-state index in [1.165, 1.54) is 11.1 Å². The smallest absolute Gasteiger partial charge is 0.220 e. The first-order valence-electron chi connectivity index (χ1n) is 11.3. The first-order chi connectivity index (χ1) is 15.3. The third kappa shape index (κ3) is 5.01. The number of aromatic nitrogens is 2. The highest BCUT2D eigenvalue weighted by Gasteiger charge is 2.25. The number of rotatable bonds is 8. The molecule has 1 aromatic heterocycles. The van der Waals surface area contributed by atoms with Crippen molar-refractivity contribution in [3.05, 3.63) is 58.9 Å². The van der Waals surface area contributed by atoms with Crippen molar-refractivity contribution in [2.24, 2.45) is 0 Å². The molecule has 168 valence electrons. The van der Waals surface area contributed by atoms with Gasteiger partial charge in [0.2, 0.25) is 5.91 Å². The van der Waals surface area contributed by atoms with E-state index in [9.17, 15) is 4.79 Å². The van der Waals surface area contributed by atoms with Gasteiger partial charge in [-0.2, -0.15) is 0 Å². The lowest BCUT2D eigenvalue weighted by Crippen LogP contribution is -2.26. The zero-order valence-corrected chi connectivity index (χ0v) is 19.5. The molecule has 0 radical (unpaired) electrons. The number of carbonyl (C=O) groups excluding carboxylic acids is 1. The van der Waals surface area contributed by atoms with Gasteiger partial charge in [-0.25, -0.2) is 9.97 Å². The Balaban J connectivity index is 1.68. The fourth-order valence-electron chi connectivity index (χ4n) is 4.09. The Morgan fingerprint density at radius 1 is 1.16 bits per heavy atom. The van der Waals surface area contributed by atoms with E-state index in [1.807, 2.05) is 13.0 Å². The van der Waals surface area contributed by atoms with Crippen molar-refractivity contribution >= 4 is 22.6 Å². The molecule has 1 amide bonds. The van der Waals surface area contributed by atoms with E-state index in [2.05, 4.69) is 66.7 Å². The number of fused-ring (bicyclic) bond motifs is 1. The zero-order chi connectivity index (χ0) is 22.8. The van der Waals surface area contributed by atoms with Gasteiger partial charge < -0.3 is 15.4 Å². The maximum Gasteiger partial charge on any atom is 0.220 e. The van der Waals surface area contributed by atoms with Crippen molar-refractivity contribution in [3.63, 3.8) is 0 Å². The predicted molar refractivity (Wildman–Crippen MR) is 128 cm³/mol. The van der Waals surface area contributed by atoms with Crippen molar-refractivity contribution < 1.29 is 9.53 Å². The average molecular weight is 433 g/mol. The van der Waals surface area contributed by atoms with Gasteiger partial charge >= 0.3 is 0 Å². The van der Waals surface area contributed by atoms with Crippen LogP contribution in [0.1, 0.15) is 67.6 Å². The van der Waals surface area contributed by atoms with Crippen molar-refractivity contribution in [1.82, 2.24) is 15.3 Å². The van der Waals surface area contributed by atoms with Gasteiger partial charge in [-0.15, -0.1) is 0 Å². The number of hydrogen-bond donors (Lipinski definition) is 2. The number of benzene rings is 2. The molecule has 32 heavy (non-hydrogen) atoms. The first-order valence-corrected chi connectivity index (χ1v) is 11.3. The number of aryl methyl sites for hydroxylation is 2. The molecule has 1 fully saturated rings. The van der Waals surface area contributed by atoms with Crippen LogP contribution in [0.15, 0.2) is 36.4 Å². The van der Waals surface area contributed by atoms with E-state index < -0.39 is 0 Å². The van der Waals surface area contributed by atoms with Crippen molar-refractivity contribution in [1.29, 1.82) is 0 Å². The van der Waals surface area contributed by atoms with Crippen LogP contribution in [-0.2, 0) is 4.79 Å². The summed E-state index contributed by atoms with van der Waals surface area (Å²) in [6.45, 7) is 8.19. The SMILES string of the molecule is COc1cc2nc(C)nc(N[C@H](C)c3cccc(C)c3)c2cc1C(C)CC(=O)NC1CC1. The summed E-state index contributed by atoms with van der Waals surface area (Å²) in [4.78, 5) is 21.7. The molecule has 6 heteroatoms. The molecule has 2 aromatic carbocycles. The quantitative estimate of drug-likeness (QED) is 0.512. The van der Waals surface area contributed by atoms with Gasteiger partial charge in [0.05, 0.1) is 12.6 Å². The van der Waals surface area contributed by atoms with Crippen molar-refractivity contribution in [2.75, 3.05) is 12.4 Å². The summed E-state index contributed by atoms with van der Waals surface area (Å²) in [5, 5.41) is 7.59. The summed E-state index contributed by atoms with van der Waals surface area (Å²) in [6.07, 6.45) is 2.60. The van der Waals surface area contributed by atoms with Gasteiger partial charge in [-0.1, -0.05) is 36.8 Å². The maximum atomic E-state index is 12.4. The third-order valence-electron chi connectivity index (χ3n) is 6.02. The molecule has 6 nitrogen and oxygen atoms in total. The van der Waals surface area contributed by atoms with E-state index in [0.717, 1.165) is 40.9 Å². The second-order valence-electron chi connectivity index (χ2n) is 8.96. The minimum Gasteiger partial charge on any atom is -0.496 e. The molecule has 3 aromatic rings. The summed E-state index contributed by atoms with van der Waals surface area (Å²) in [5.74, 6) is 2.34. The highest BCUT2D eigenvalue weighted by atomic mass is 16.5. The van der Waals surface area contributed by atoms with Crippen LogP contribution < -0.4 is 15.4 Å². The first kappa shape index (κ1) is 22.1. The number of nitrogens with one attached hydrogen (secondary N) is 2. The number of nitrogens with zero attached hydrogens (tertiary/aromatic N) is 2. The minimum atomic E-state index is 0.0106. The lowest BCUT2D eigenvalue weighted by Gasteiger charge is -2.20. The molecular weight excluding hydrogens is 400 g/mol. The molecule has 1 aliphatic carbocycles. The molecule has 0 aliphatic heterocycles. The highest BCUT2D eigenvalue weighted by molar-refractivity contribution is 5.91. The Morgan fingerprint density at radius 2 is 1.94 bits per heavy atom. The molecule has 2 atom stereocenters. The minimum absolute atomic E-state index is 0.0106. The molecule has 1 unspecified atom stereocenters. The Kier molecular flexibility index (Phi) is 6.31. The van der Waals surface area contributed by atoms with E-state index in [-0.39, 0.29) is 17.9 Å². The summed E-state index contributed by atoms with van der Waals surface area (Å²) in [7, 11) is 1.66. The lowest BCUT2D eigenvalue weighted by atomic mass is 9.94. The number of hydrogen-bond acceptors (Lipinski definition) is 5. The summed E-state index contributed by atoms with van der Waals surface area (Å²) >= 11 is 0. The Bertz CT molecular complexity index is 1140. The van der Waals surface area contributed by atoms with Crippen LogP contribution in [0, 0.1) is 13.8 Å². The number of anilines is 1. The topological polar surface area (TPSA) is 76.1 Å². The van der Waals surface area contributed by atoms with Crippen LogP contribution in [0.3, 0.4) is 0 Å². The summed E-state index contributed by atoms with van der Waals surface area (Å²) in [5.41, 5.74) is 4.25.